The summed E-state index contributed by atoms with van der Waals surface area (Å²) in [5.41, 5.74) is 2.03. The van der Waals surface area contributed by atoms with E-state index in [4.69, 9.17) is 0 Å². The molecular formula is C21H30N2O2. The average molecular weight is 342 g/mol. The van der Waals surface area contributed by atoms with E-state index in [9.17, 15) is 9.59 Å². The number of rotatable bonds is 4. The van der Waals surface area contributed by atoms with Crippen molar-refractivity contribution in [3.05, 3.63) is 35.4 Å². The van der Waals surface area contributed by atoms with Crippen molar-refractivity contribution in [1.82, 2.24) is 9.80 Å². The molecule has 4 nitrogen and oxygen atoms in total. The van der Waals surface area contributed by atoms with Crippen molar-refractivity contribution < 1.29 is 9.59 Å². The van der Waals surface area contributed by atoms with Gasteiger partial charge >= 0.3 is 0 Å². The van der Waals surface area contributed by atoms with Gasteiger partial charge in [0.1, 0.15) is 0 Å². The summed E-state index contributed by atoms with van der Waals surface area (Å²) in [4.78, 5) is 29.1. The number of carbonyl (C=O) groups is 2. The van der Waals surface area contributed by atoms with Crippen LogP contribution in [-0.4, -0.2) is 47.8 Å². The summed E-state index contributed by atoms with van der Waals surface area (Å²) in [5, 5.41) is 0. The van der Waals surface area contributed by atoms with Crippen LogP contribution in [-0.2, 0) is 11.2 Å². The maximum atomic E-state index is 12.8. The van der Waals surface area contributed by atoms with Crippen LogP contribution in [0.25, 0.3) is 0 Å². The summed E-state index contributed by atoms with van der Waals surface area (Å²) in [6.45, 7) is 7.24. The molecule has 136 valence electrons. The fraction of sp³-hybridized carbons (Fsp3) is 0.619. The summed E-state index contributed by atoms with van der Waals surface area (Å²) in [5.74, 6) is 1.26. The molecule has 1 aromatic rings. The van der Waals surface area contributed by atoms with E-state index < -0.39 is 0 Å². The normalized spacial score (nSPS) is 18.8. The van der Waals surface area contributed by atoms with Crippen LogP contribution in [0, 0.1) is 11.8 Å². The summed E-state index contributed by atoms with van der Waals surface area (Å²) in [6, 6.07) is 8.03. The van der Waals surface area contributed by atoms with E-state index in [1.807, 2.05) is 21.9 Å². The second kappa shape index (κ2) is 8.03. The molecule has 1 saturated carbocycles. The highest BCUT2D eigenvalue weighted by atomic mass is 16.2. The lowest BCUT2D eigenvalue weighted by molar-refractivity contribution is -0.138. The third-order valence-corrected chi connectivity index (χ3v) is 5.39. The zero-order chi connectivity index (χ0) is 17.8. The van der Waals surface area contributed by atoms with Crippen LogP contribution in [0.2, 0.25) is 0 Å². The first kappa shape index (κ1) is 18.0. The Labute approximate surface area is 151 Å². The number of nitrogens with zero attached hydrogens (tertiary/aromatic N) is 2. The van der Waals surface area contributed by atoms with E-state index in [0.29, 0.717) is 24.9 Å². The topological polar surface area (TPSA) is 40.6 Å². The van der Waals surface area contributed by atoms with Crippen LogP contribution in [0.15, 0.2) is 24.3 Å². The van der Waals surface area contributed by atoms with Gasteiger partial charge in [0.15, 0.2) is 0 Å². The van der Waals surface area contributed by atoms with Gasteiger partial charge in [-0.1, -0.05) is 32.4 Å². The standard InChI is InChI=1S/C21H30N2O2/c1-16(2)15-17-7-9-19(10-8-17)21(25)23-12-4-11-22(13-14-23)20(24)18-5-3-6-18/h7-10,16,18H,3-6,11-15H2,1-2H3. The van der Waals surface area contributed by atoms with Gasteiger partial charge in [-0.2, -0.15) is 0 Å². The lowest BCUT2D eigenvalue weighted by Gasteiger charge is -2.31. The predicted octanol–water partition coefficient (Wildman–Crippen LogP) is 3.36. The van der Waals surface area contributed by atoms with Crippen molar-refractivity contribution in [2.24, 2.45) is 11.8 Å². The summed E-state index contributed by atoms with van der Waals surface area (Å²) in [6.07, 6.45) is 5.18. The molecule has 3 rings (SSSR count). The van der Waals surface area contributed by atoms with E-state index in [0.717, 1.165) is 44.3 Å². The van der Waals surface area contributed by atoms with Gasteiger partial charge in [-0.3, -0.25) is 9.59 Å². The van der Waals surface area contributed by atoms with Crippen molar-refractivity contribution >= 4 is 11.8 Å². The molecule has 2 fully saturated rings. The molecule has 2 aliphatic rings. The second-order valence-corrected chi connectivity index (χ2v) is 7.89. The Morgan fingerprint density at radius 2 is 1.60 bits per heavy atom. The minimum absolute atomic E-state index is 0.0917. The van der Waals surface area contributed by atoms with Gasteiger partial charge in [-0.05, 0) is 49.3 Å². The van der Waals surface area contributed by atoms with Crippen molar-refractivity contribution in [1.29, 1.82) is 0 Å². The number of amides is 2. The van der Waals surface area contributed by atoms with Gasteiger partial charge in [0, 0.05) is 37.7 Å². The largest absolute Gasteiger partial charge is 0.341 e. The number of hydrogen-bond donors (Lipinski definition) is 0. The smallest absolute Gasteiger partial charge is 0.253 e. The highest BCUT2D eigenvalue weighted by molar-refractivity contribution is 5.94. The molecule has 2 amide bonds. The summed E-state index contributed by atoms with van der Waals surface area (Å²) >= 11 is 0. The Balaban J connectivity index is 1.58. The molecule has 4 heteroatoms. The van der Waals surface area contributed by atoms with Gasteiger partial charge in [-0.15, -0.1) is 0 Å². The molecule has 1 heterocycles. The molecule has 0 radical (unpaired) electrons. The Bertz CT molecular complexity index is 605. The maximum Gasteiger partial charge on any atom is 0.253 e. The van der Waals surface area contributed by atoms with Crippen LogP contribution >= 0.6 is 0 Å². The highest BCUT2D eigenvalue weighted by Crippen LogP contribution is 2.28. The first-order chi connectivity index (χ1) is 12.0. The molecule has 25 heavy (non-hydrogen) atoms. The third-order valence-electron chi connectivity index (χ3n) is 5.39. The fourth-order valence-corrected chi connectivity index (χ4v) is 3.69. The highest BCUT2D eigenvalue weighted by Gasteiger charge is 2.31. The summed E-state index contributed by atoms with van der Waals surface area (Å²) < 4.78 is 0. The third kappa shape index (κ3) is 4.42. The van der Waals surface area contributed by atoms with E-state index in [2.05, 4.69) is 26.0 Å². The number of carbonyl (C=O) groups excluding carboxylic acids is 2. The molecular weight excluding hydrogens is 312 g/mol. The average Bonchev–Trinajstić information content (AvgIpc) is 2.78. The monoisotopic (exact) mass is 342 g/mol. The van der Waals surface area contributed by atoms with Crippen LogP contribution in [0.5, 0.6) is 0 Å². The van der Waals surface area contributed by atoms with Gasteiger partial charge < -0.3 is 9.80 Å². The van der Waals surface area contributed by atoms with E-state index >= 15 is 0 Å². The molecule has 1 saturated heterocycles. The van der Waals surface area contributed by atoms with Crippen molar-refractivity contribution in [3.63, 3.8) is 0 Å². The molecule has 0 spiro atoms. The minimum atomic E-state index is 0.0917. The molecule has 0 atom stereocenters. The van der Waals surface area contributed by atoms with Crippen LogP contribution < -0.4 is 0 Å². The van der Waals surface area contributed by atoms with Gasteiger partial charge in [-0.25, -0.2) is 0 Å². The molecule has 1 aromatic carbocycles. The van der Waals surface area contributed by atoms with Gasteiger partial charge in [0.05, 0.1) is 0 Å². The molecule has 0 aromatic heterocycles. The van der Waals surface area contributed by atoms with Crippen LogP contribution in [0.1, 0.15) is 55.5 Å². The van der Waals surface area contributed by atoms with Gasteiger partial charge in [0.2, 0.25) is 5.91 Å². The Morgan fingerprint density at radius 1 is 0.960 bits per heavy atom. The zero-order valence-corrected chi connectivity index (χ0v) is 15.5. The summed E-state index contributed by atoms with van der Waals surface area (Å²) in [7, 11) is 0. The molecule has 0 N–H and O–H groups in total. The first-order valence-corrected chi connectivity index (χ1v) is 9.71. The Morgan fingerprint density at radius 3 is 2.20 bits per heavy atom. The molecule has 1 aliphatic carbocycles. The predicted molar refractivity (Wildman–Crippen MR) is 99.4 cm³/mol. The van der Waals surface area contributed by atoms with Crippen molar-refractivity contribution in [2.75, 3.05) is 26.2 Å². The lowest BCUT2D eigenvalue weighted by atomic mass is 9.84. The number of hydrogen-bond acceptors (Lipinski definition) is 2. The Hall–Kier alpha value is -1.84. The first-order valence-electron chi connectivity index (χ1n) is 9.71. The zero-order valence-electron chi connectivity index (χ0n) is 15.5. The second-order valence-electron chi connectivity index (χ2n) is 7.89. The lowest BCUT2D eigenvalue weighted by Crippen LogP contribution is -2.41. The van der Waals surface area contributed by atoms with Crippen molar-refractivity contribution in [3.8, 4) is 0 Å². The van der Waals surface area contributed by atoms with Crippen molar-refractivity contribution in [2.45, 2.75) is 46.0 Å². The minimum Gasteiger partial charge on any atom is -0.341 e. The van der Waals surface area contributed by atoms with Crippen LogP contribution in [0.4, 0.5) is 0 Å². The SMILES string of the molecule is CC(C)Cc1ccc(C(=O)N2CCCN(C(=O)C3CCC3)CC2)cc1. The van der Waals surface area contributed by atoms with E-state index in [-0.39, 0.29) is 11.8 Å². The van der Waals surface area contributed by atoms with Gasteiger partial charge in [0.25, 0.3) is 5.91 Å². The molecule has 0 bridgehead atoms. The number of benzene rings is 1. The molecule has 0 unspecified atom stereocenters. The van der Waals surface area contributed by atoms with E-state index in [1.54, 1.807) is 0 Å². The maximum absolute atomic E-state index is 12.8. The molecule has 1 aliphatic heterocycles. The fourth-order valence-electron chi connectivity index (χ4n) is 3.69. The Kier molecular flexibility index (Phi) is 5.77. The van der Waals surface area contributed by atoms with E-state index in [1.165, 1.54) is 12.0 Å². The van der Waals surface area contributed by atoms with Crippen LogP contribution in [0.3, 0.4) is 0 Å². The quantitative estimate of drug-likeness (QED) is 0.842.